The second-order valence-corrected chi connectivity index (χ2v) is 3.65. The van der Waals surface area contributed by atoms with Gasteiger partial charge in [-0.25, -0.2) is 4.39 Å². The first-order chi connectivity index (χ1) is 7.79. The van der Waals surface area contributed by atoms with Crippen LogP contribution < -0.4 is 0 Å². The normalized spacial score (nSPS) is 10.6. The summed E-state index contributed by atoms with van der Waals surface area (Å²) < 4.78 is 18.1. The van der Waals surface area contributed by atoms with Gasteiger partial charge in [0.05, 0.1) is 6.26 Å². The molecule has 0 aliphatic heterocycles. The SMILES string of the molecule is OCCCc1coc(-c2ccc(F)cc2)c1. The van der Waals surface area contributed by atoms with Crippen molar-refractivity contribution >= 4 is 0 Å². The van der Waals surface area contributed by atoms with Gasteiger partial charge in [-0.1, -0.05) is 0 Å². The van der Waals surface area contributed by atoms with Crippen molar-refractivity contribution in [2.75, 3.05) is 6.61 Å². The molecular formula is C13H13FO2. The summed E-state index contributed by atoms with van der Waals surface area (Å²) in [5.74, 6) is 0.476. The van der Waals surface area contributed by atoms with Crippen LogP contribution in [0.25, 0.3) is 11.3 Å². The van der Waals surface area contributed by atoms with Gasteiger partial charge < -0.3 is 9.52 Å². The molecule has 1 aromatic heterocycles. The standard InChI is InChI=1S/C13H13FO2/c14-12-5-3-11(4-6-12)13-8-10(9-16-13)2-1-7-15/h3-6,8-9,15H,1-2,7H2. The average molecular weight is 220 g/mol. The number of rotatable bonds is 4. The first-order valence-electron chi connectivity index (χ1n) is 5.24. The van der Waals surface area contributed by atoms with Gasteiger partial charge in [-0.2, -0.15) is 0 Å². The monoisotopic (exact) mass is 220 g/mol. The third-order valence-corrected chi connectivity index (χ3v) is 2.41. The fourth-order valence-electron chi connectivity index (χ4n) is 1.56. The minimum Gasteiger partial charge on any atom is -0.464 e. The van der Waals surface area contributed by atoms with E-state index in [4.69, 9.17) is 9.52 Å². The van der Waals surface area contributed by atoms with Crippen LogP contribution in [0.1, 0.15) is 12.0 Å². The smallest absolute Gasteiger partial charge is 0.134 e. The van der Waals surface area contributed by atoms with Gasteiger partial charge in [-0.05, 0) is 48.7 Å². The molecule has 16 heavy (non-hydrogen) atoms. The summed E-state index contributed by atoms with van der Waals surface area (Å²) in [5, 5.41) is 8.71. The summed E-state index contributed by atoms with van der Waals surface area (Å²) in [6.45, 7) is 0.178. The molecule has 0 saturated heterocycles. The van der Waals surface area contributed by atoms with Gasteiger partial charge in [0, 0.05) is 12.2 Å². The van der Waals surface area contributed by atoms with E-state index in [-0.39, 0.29) is 12.4 Å². The Morgan fingerprint density at radius 1 is 1.19 bits per heavy atom. The number of hydrogen-bond acceptors (Lipinski definition) is 2. The summed E-state index contributed by atoms with van der Waals surface area (Å²) in [4.78, 5) is 0. The molecule has 0 amide bonds. The van der Waals surface area contributed by atoms with Crippen LogP contribution in [-0.4, -0.2) is 11.7 Å². The highest BCUT2D eigenvalue weighted by atomic mass is 19.1. The van der Waals surface area contributed by atoms with Crippen molar-refractivity contribution in [3.8, 4) is 11.3 Å². The number of hydrogen-bond donors (Lipinski definition) is 1. The van der Waals surface area contributed by atoms with Crippen molar-refractivity contribution in [3.05, 3.63) is 48.0 Å². The minimum absolute atomic E-state index is 0.178. The molecule has 2 aromatic rings. The summed E-state index contributed by atoms with van der Waals surface area (Å²) in [6, 6.07) is 8.10. The van der Waals surface area contributed by atoms with Crippen molar-refractivity contribution in [1.82, 2.24) is 0 Å². The molecule has 2 rings (SSSR count). The highest BCUT2D eigenvalue weighted by molar-refractivity contribution is 5.57. The molecular weight excluding hydrogens is 207 g/mol. The predicted molar refractivity (Wildman–Crippen MR) is 59.5 cm³/mol. The van der Waals surface area contributed by atoms with Gasteiger partial charge in [-0.15, -0.1) is 0 Å². The van der Waals surface area contributed by atoms with Crippen molar-refractivity contribution in [2.24, 2.45) is 0 Å². The van der Waals surface area contributed by atoms with E-state index in [9.17, 15) is 4.39 Å². The zero-order valence-corrected chi connectivity index (χ0v) is 8.82. The van der Waals surface area contributed by atoms with E-state index in [0.717, 1.165) is 29.7 Å². The molecule has 0 atom stereocenters. The van der Waals surface area contributed by atoms with E-state index < -0.39 is 0 Å². The Labute approximate surface area is 93.3 Å². The summed E-state index contributed by atoms with van der Waals surface area (Å²) in [5.41, 5.74) is 1.91. The Kier molecular flexibility index (Phi) is 3.37. The van der Waals surface area contributed by atoms with E-state index in [1.165, 1.54) is 12.1 Å². The van der Waals surface area contributed by atoms with Crippen LogP contribution in [0, 0.1) is 5.82 Å². The van der Waals surface area contributed by atoms with Crippen LogP contribution >= 0.6 is 0 Å². The summed E-state index contributed by atoms with van der Waals surface area (Å²) >= 11 is 0. The zero-order valence-electron chi connectivity index (χ0n) is 8.82. The van der Waals surface area contributed by atoms with E-state index in [1.807, 2.05) is 6.07 Å². The van der Waals surface area contributed by atoms with E-state index in [1.54, 1.807) is 18.4 Å². The van der Waals surface area contributed by atoms with Gasteiger partial charge in [-0.3, -0.25) is 0 Å². The van der Waals surface area contributed by atoms with Crippen molar-refractivity contribution in [1.29, 1.82) is 0 Å². The molecule has 2 nitrogen and oxygen atoms in total. The molecule has 1 aromatic carbocycles. The van der Waals surface area contributed by atoms with E-state index in [0.29, 0.717) is 0 Å². The lowest BCUT2D eigenvalue weighted by atomic mass is 10.1. The second-order valence-electron chi connectivity index (χ2n) is 3.65. The minimum atomic E-state index is -0.254. The van der Waals surface area contributed by atoms with Crippen LogP contribution in [0.2, 0.25) is 0 Å². The van der Waals surface area contributed by atoms with Crippen molar-refractivity contribution < 1.29 is 13.9 Å². The lowest BCUT2D eigenvalue weighted by molar-refractivity contribution is 0.288. The maximum atomic E-state index is 12.7. The van der Waals surface area contributed by atoms with Crippen molar-refractivity contribution in [2.45, 2.75) is 12.8 Å². The molecule has 84 valence electrons. The number of aliphatic hydroxyl groups excluding tert-OH is 1. The maximum absolute atomic E-state index is 12.7. The first-order valence-corrected chi connectivity index (χ1v) is 5.24. The molecule has 0 radical (unpaired) electrons. The molecule has 0 aliphatic rings. The lowest BCUT2D eigenvalue weighted by Gasteiger charge is -1.95. The molecule has 0 saturated carbocycles. The van der Waals surface area contributed by atoms with Crippen LogP contribution in [0.4, 0.5) is 4.39 Å². The third kappa shape index (κ3) is 2.49. The van der Waals surface area contributed by atoms with Crippen LogP contribution in [0.15, 0.2) is 41.0 Å². The highest BCUT2D eigenvalue weighted by Gasteiger charge is 2.04. The van der Waals surface area contributed by atoms with Crippen LogP contribution in [-0.2, 0) is 6.42 Å². The molecule has 1 N–H and O–H groups in total. The highest BCUT2D eigenvalue weighted by Crippen LogP contribution is 2.22. The van der Waals surface area contributed by atoms with Gasteiger partial charge >= 0.3 is 0 Å². The lowest BCUT2D eigenvalue weighted by Crippen LogP contribution is -1.86. The Hall–Kier alpha value is -1.61. The topological polar surface area (TPSA) is 33.4 Å². The number of furan rings is 1. The molecule has 0 bridgehead atoms. The third-order valence-electron chi connectivity index (χ3n) is 2.41. The number of aryl methyl sites for hydroxylation is 1. The van der Waals surface area contributed by atoms with Gasteiger partial charge in [0.25, 0.3) is 0 Å². The maximum Gasteiger partial charge on any atom is 0.134 e. The fourth-order valence-corrected chi connectivity index (χ4v) is 1.56. The zero-order chi connectivity index (χ0) is 11.4. The largest absolute Gasteiger partial charge is 0.464 e. The van der Waals surface area contributed by atoms with E-state index >= 15 is 0 Å². The quantitative estimate of drug-likeness (QED) is 0.859. The van der Waals surface area contributed by atoms with Gasteiger partial charge in [0.15, 0.2) is 0 Å². The Balaban J connectivity index is 2.15. The van der Waals surface area contributed by atoms with E-state index in [2.05, 4.69) is 0 Å². The molecule has 0 aliphatic carbocycles. The molecule has 0 unspecified atom stereocenters. The number of halogens is 1. The number of aliphatic hydroxyl groups is 1. The molecule has 0 spiro atoms. The fraction of sp³-hybridized carbons (Fsp3) is 0.231. The predicted octanol–water partition coefficient (Wildman–Crippen LogP) is 3.01. The van der Waals surface area contributed by atoms with Crippen LogP contribution in [0.3, 0.4) is 0 Å². The molecule has 3 heteroatoms. The second kappa shape index (κ2) is 4.94. The summed E-state index contributed by atoms with van der Waals surface area (Å²) in [7, 11) is 0. The van der Waals surface area contributed by atoms with Crippen molar-refractivity contribution in [3.63, 3.8) is 0 Å². The Morgan fingerprint density at radius 3 is 2.62 bits per heavy atom. The number of benzene rings is 1. The Bertz CT molecular complexity index is 445. The van der Waals surface area contributed by atoms with Crippen LogP contribution in [0.5, 0.6) is 0 Å². The molecule has 1 heterocycles. The average Bonchev–Trinajstić information content (AvgIpc) is 2.76. The Morgan fingerprint density at radius 2 is 1.94 bits per heavy atom. The first kappa shape index (κ1) is 10.9. The van der Waals surface area contributed by atoms with Gasteiger partial charge in [0.2, 0.25) is 0 Å². The molecule has 0 fully saturated rings. The summed E-state index contributed by atoms with van der Waals surface area (Å²) in [6.07, 6.45) is 3.19. The van der Waals surface area contributed by atoms with Gasteiger partial charge in [0.1, 0.15) is 11.6 Å².